The van der Waals surface area contributed by atoms with E-state index in [2.05, 4.69) is 39.6 Å². The molecule has 1 nitrogen and oxygen atoms in total. The Balaban J connectivity index is 2.04. The maximum atomic E-state index is 13.6. The van der Waals surface area contributed by atoms with E-state index in [1.165, 1.54) is 10.9 Å². The Morgan fingerprint density at radius 2 is 2.22 bits per heavy atom. The first kappa shape index (κ1) is 13.7. The Bertz CT molecular complexity index is 499. The monoisotopic (exact) mass is 327 g/mol. The van der Waals surface area contributed by atoms with Gasteiger partial charge in [0.25, 0.3) is 0 Å². The van der Waals surface area contributed by atoms with E-state index in [9.17, 15) is 4.39 Å². The minimum absolute atomic E-state index is 0.160. The van der Waals surface area contributed by atoms with Gasteiger partial charge in [-0.05, 0) is 36.1 Å². The average Bonchev–Trinajstić information content (AvgIpc) is 2.88. The SMILES string of the molecule is CCC(NCc1cc(Br)ccc1F)c1cccs1. The van der Waals surface area contributed by atoms with Gasteiger partial charge in [0.05, 0.1) is 0 Å². The largest absolute Gasteiger partial charge is 0.305 e. The molecule has 0 aliphatic carbocycles. The Hall–Kier alpha value is -0.710. The van der Waals surface area contributed by atoms with Crippen molar-refractivity contribution in [3.63, 3.8) is 0 Å². The van der Waals surface area contributed by atoms with Gasteiger partial charge in [-0.2, -0.15) is 0 Å². The zero-order chi connectivity index (χ0) is 13.0. The van der Waals surface area contributed by atoms with Crippen LogP contribution in [-0.2, 0) is 6.54 Å². The van der Waals surface area contributed by atoms with Crippen LogP contribution in [0.15, 0.2) is 40.2 Å². The Kier molecular flexibility index (Phi) is 4.92. The van der Waals surface area contributed by atoms with E-state index in [0.29, 0.717) is 18.2 Å². The van der Waals surface area contributed by atoms with Gasteiger partial charge in [-0.15, -0.1) is 11.3 Å². The standard InChI is InChI=1S/C14H15BrFNS/c1-2-13(14-4-3-7-18-14)17-9-10-8-11(15)5-6-12(10)16/h3-8,13,17H,2,9H2,1H3. The molecule has 1 N–H and O–H groups in total. The molecular formula is C14H15BrFNS. The number of benzene rings is 1. The maximum Gasteiger partial charge on any atom is 0.127 e. The fourth-order valence-electron chi connectivity index (χ4n) is 1.85. The van der Waals surface area contributed by atoms with Crippen molar-refractivity contribution in [2.75, 3.05) is 0 Å². The minimum atomic E-state index is -0.160. The molecule has 0 aliphatic rings. The van der Waals surface area contributed by atoms with E-state index < -0.39 is 0 Å². The highest BCUT2D eigenvalue weighted by molar-refractivity contribution is 9.10. The number of rotatable bonds is 5. The molecule has 1 unspecified atom stereocenters. The van der Waals surface area contributed by atoms with Crippen LogP contribution in [0.25, 0.3) is 0 Å². The molecule has 1 heterocycles. The summed E-state index contributed by atoms with van der Waals surface area (Å²) >= 11 is 5.10. The Labute approximate surface area is 119 Å². The van der Waals surface area contributed by atoms with Crippen LogP contribution in [0.1, 0.15) is 29.8 Å². The van der Waals surface area contributed by atoms with Crippen LogP contribution in [0.4, 0.5) is 4.39 Å². The molecule has 96 valence electrons. The van der Waals surface area contributed by atoms with E-state index in [1.54, 1.807) is 17.4 Å². The van der Waals surface area contributed by atoms with Crippen LogP contribution in [0.3, 0.4) is 0 Å². The van der Waals surface area contributed by atoms with Crippen molar-refractivity contribution >= 4 is 27.3 Å². The van der Waals surface area contributed by atoms with E-state index in [-0.39, 0.29) is 5.82 Å². The van der Waals surface area contributed by atoms with Crippen LogP contribution in [0.5, 0.6) is 0 Å². The second kappa shape index (κ2) is 6.45. The Morgan fingerprint density at radius 3 is 2.89 bits per heavy atom. The molecule has 0 saturated carbocycles. The molecular weight excluding hydrogens is 313 g/mol. The van der Waals surface area contributed by atoms with E-state index in [1.807, 2.05) is 12.1 Å². The van der Waals surface area contributed by atoms with Crippen LogP contribution >= 0.6 is 27.3 Å². The quantitative estimate of drug-likeness (QED) is 0.824. The van der Waals surface area contributed by atoms with Gasteiger partial charge in [-0.25, -0.2) is 4.39 Å². The van der Waals surface area contributed by atoms with Crippen molar-refractivity contribution in [2.45, 2.75) is 25.9 Å². The average molecular weight is 328 g/mol. The highest BCUT2D eigenvalue weighted by Gasteiger charge is 2.11. The number of nitrogens with one attached hydrogen (secondary N) is 1. The van der Waals surface area contributed by atoms with Crippen LogP contribution in [-0.4, -0.2) is 0 Å². The third kappa shape index (κ3) is 3.40. The molecule has 0 amide bonds. The lowest BCUT2D eigenvalue weighted by Crippen LogP contribution is -2.20. The first-order valence-electron chi connectivity index (χ1n) is 5.91. The number of halogens is 2. The van der Waals surface area contributed by atoms with Gasteiger partial charge < -0.3 is 5.32 Å². The number of hydrogen-bond acceptors (Lipinski definition) is 2. The van der Waals surface area contributed by atoms with Crippen LogP contribution < -0.4 is 5.32 Å². The van der Waals surface area contributed by atoms with Crippen molar-refractivity contribution in [1.82, 2.24) is 5.32 Å². The smallest absolute Gasteiger partial charge is 0.127 e. The van der Waals surface area contributed by atoms with Gasteiger partial charge in [-0.1, -0.05) is 28.9 Å². The molecule has 1 atom stereocenters. The first-order chi connectivity index (χ1) is 8.70. The molecule has 0 saturated heterocycles. The van der Waals surface area contributed by atoms with E-state index >= 15 is 0 Å². The van der Waals surface area contributed by atoms with Crippen LogP contribution in [0, 0.1) is 5.82 Å². The molecule has 0 bridgehead atoms. The topological polar surface area (TPSA) is 12.0 Å². The van der Waals surface area contributed by atoms with Gasteiger partial charge in [-0.3, -0.25) is 0 Å². The summed E-state index contributed by atoms with van der Waals surface area (Å²) in [5.74, 6) is -0.160. The van der Waals surface area contributed by atoms with Crippen molar-refractivity contribution in [3.05, 3.63) is 56.4 Å². The molecule has 0 radical (unpaired) electrons. The molecule has 1 aromatic heterocycles. The molecule has 0 fully saturated rings. The van der Waals surface area contributed by atoms with Crippen LogP contribution in [0.2, 0.25) is 0 Å². The van der Waals surface area contributed by atoms with E-state index in [0.717, 1.165) is 10.9 Å². The second-order valence-electron chi connectivity index (χ2n) is 4.09. The lowest BCUT2D eigenvalue weighted by molar-refractivity contribution is 0.510. The summed E-state index contributed by atoms with van der Waals surface area (Å²) in [7, 11) is 0. The zero-order valence-corrected chi connectivity index (χ0v) is 12.5. The fraction of sp³-hybridized carbons (Fsp3) is 0.286. The van der Waals surface area contributed by atoms with Gasteiger partial charge >= 0.3 is 0 Å². The number of thiophene rings is 1. The van der Waals surface area contributed by atoms with Gasteiger partial charge in [0.2, 0.25) is 0 Å². The third-order valence-electron chi connectivity index (χ3n) is 2.84. The summed E-state index contributed by atoms with van der Waals surface area (Å²) in [6.07, 6.45) is 0.996. The summed E-state index contributed by atoms with van der Waals surface area (Å²) in [4.78, 5) is 1.30. The maximum absolute atomic E-state index is 13.6. The summed E-state index contributed by atoms with van der Waals surface area (Å²) in [6.45, 7) is 2.68. The lowest BCUT2D eigenvalue weighted by atomic mass is 10.1. The predicted molar refractivity (Wildman–Crippen MR) is 78.3 cm³/mol. The summed E-state index contributed by atoms with van der Waals surface area (Å²) in [6, 6.07) is 9.49. The van der Waals surface area contributed by atoms with E-state index in [4.69, 9.17) is 0 Å². The summed E-state index contributed by atoms with van der Waals surface area (Å²) < 4.78 is 14.5. The lowest BCUT2D eigenvalue weighted by Gasteiger charge is -2.15. The van der Waals surface area contributed by atoms with Crippen molar-refractivity contribution in [2.24, 2.45) is 0 Å². The summed E-state index contributed by atoms with van der Waals surface area (Å²) in [5, 5.41) is 5.47. The molecule has 2 aromatic rings. The first-order valence-corrected chi connectivity index (χ1v) is 7.58. The minimum Gasteiger partial charge on any atom is -0.305 e. The number of hydrogen-bond donors (Lipinski definition) is 1. The molecule has 4 heteroatoms. The van der Waals surface area contributed by atoms with Gasteiger partial charge in [0.1, 0.15) is 5.82 Å². The molecule has 0 spiro atoms. The molecule has 2 rings (SSSR count). The van der Waals surface area contributed by atoms with Gasteiger partial charge in [0.15, 0.2) is 0 Å². The molecule has 0 aliphatic heterocycles. The second-order valence-corrected chi connectivity index (χ2v) is 5.99. The molecule has 1 aromatic carbocycles. The van der Waals surface area contributed by atoms with Gasteiger partial charge in [0, 0.05) is 27.5 Å². The normalized spacial score (nSPS) is 12.6. The third-order valence-corrected chi connectivity index (χ3v) is 4.32. The molecule has 18 heavy (non-hydrogen) atoms. The predicted octanol–water partition coefficient (Wildman–Crippen LogP) is 4.89. The summed E-state index contributed by atoms with van der Waals surface area (Å²) in [5.41, 5.74) is 0.694. The fourth-order valence-corrected chi connectivity index (χ4v) is 3.14. The zero-order valence-electron chi connectivity index (χ0n) is 10.1. The highest BCUT2D eigenvalue weighted by atomic mass is 79.9. The van der Waals surface area contributed by atoms with Crippen molar-refractivity contribution in [3.8, 4) is 0 Å². The van der Waals surface area contributed by atoms with Crippen molar-refractivity contribution in [1.29, 1.82) is 0 Å². The highest BCUT2D eigenvalue weighted by Crippen LogP contribution is 2.23. The Morgan fingerprint density at radius 1 is 1.39 bits per heavy atom. The van der Waals surface area contributed by atoms with Crippen molar-refractivity contribution < 1.29 is 4.39 Å².